The van der Waals surface area contributed by atoms with Gasteiger partial charge in [0.2, 0.25) is 0 Å². The van der Waals surface area contributed by atoms with Crippen LogP contribution in [0.2, 0.25) is 0 Å². The third-order valence-electron chi connectivity index (χ3n) is 4.90. The molecule has 1 saturated heterocycles. The molecule has 1 heterocycles. The zero-order valence-electron chi connectivity index (χ0n) is 11.6. The van der Waals surface area contributed by atoms with Gasteiger partial charge in [-0.25, -0.2) is 4.39 Å². The molecule has 3 nitrogen and oxygen atoms in total. The molecule has 1 N–H and O–H groups in total. The van der Waals surface area contributed by atoms with Crippen molar-refractivity contribution >= 4 is 5.78 Å². The van der Waals surface area contributed by atoms with Gasteiger partial charge in [-0.1, -0.05) is 0 Å². The topological polar surface area (TPSA) is 40.5 Å². The minimum Gasteiger partial charge on any atom is -0.393 e. The SMILES string of the molecule is CC(C(=O)c1ccc(F)cc1)N1CC2CCC(O)C2C1. The lowest BCUT2D eigenvalue weighted by atomic mass is 10.00. The number of aliphatic hydroxyl groups is 1. The molecule has 1 aliphatic heterocycles. The van der Waals surface area contributed by atoms with E-state index in [-0.39, 0.29) is 23.7 Å². The van der Waals surface area contributed by atoms with Crippen molar-refractivity contribution in [1.29, 1.82) is 0 Å². The maximum Gasteiger partial charge on any atom is 0.179 e. The van der Waals surface area contributed by atoms with Gasteiger partial charge in [0.1, 0.15) is 5.82 Å². The quantitative estimate of drug-likeness (QED) is 0.860. The van der Waals surface area contributed by atoms with Crippen molar-refractivity contribution in [2.75, 3.05) is 13.1 Å². The van der Waals surface area contributed by atoms with Crippen LogP contribution in [0, 0.1) is 17.7 Å². The van der Waals surface area contributed by atoms with Crippen LogP contribution in [-0.4, -0.2) is 41.0 Å². The van der Waals surface area contributed by atoms with Crippen LogP contribution in [-0.2, 0) is 0 Å². The molecule has 0 bridgehead atoms. The van der Waals surface area contributed by atoms with E-state index < -0.39 is 0 Å². The number of likely N-dealkylation sites (tertiary alicyclic amines) is 1. The Morgan fingerprint density at radius 2 is 2.00 bits per heavy atom. The van der Waals surface area contributed by atoms with Gasteiger partial charge in [-0.15, -0.1) is 0 Å². The summed E-state index contributed by atoms with van der Waals surface area (Å²) in [6.07, 6.45) is 1.74. The summed E-state index contributed by atoms with van der Waals surface area (Å²) in [7, 11) is 0. The minimum atomic E-state index is -0.326. The fraction of sp³-hybridized carbons (Fsp3) is 0.562. The fourth-order valence-corrected chi connectivity index (χ4v) is 3.61. The summed E-state index contributed by atoms with van der Waals surface area (Å²) in [6.45, 7) is 3.58. The predicted octanol–water partition coefficient (Wildman–Crippen LogP) is 2.10. The maximum absolute atomic E-state index is 12.9. The summed E-state index contributed by atoms with van der Waals surface area (Å²) in [5.41, 5.74) is 0.552. The van der Waals surface area contributed by atoms with Crippen molar-refractivity contribution in [3.8, 4) is 0 Å². The number of aliphatic hydroxyl groups excluding tert-OH is 1. The molecule has 1 saturated carbocycles. The number of fused-ring (bicyclic) bond motifs is 1. The zero-order chi connectivity index (χ0) is 14.3. The lowest BCUT2D eigenvalue weighted by Gasteiger charge is -2.24. The molecular weight excluding hydrogens is 257 g/mol. The van der Waals surface area contributed by atoms with E-state index in [2.05, 4.69) is 4.90 Å². The summed E-state index contributed by atoms with van der Waals surface area (Å²) in [5.74, 6) is 0.541. The second-order valence-corrected chi connectivity index (χ2v) is 6.07. The van der Waals surface area contributed by atoms with Gasteiger partial charge < -0.3 is 5.11 Å². The first kappa shape index (κ1) is 13.7. The van der Waals surface area contributed by atoms with Crippen molar-refractivity contribution in [2.45, 2.75) is 31.9 Å². The van der Waals surface area contributed by atoms with E-state index >= 15 is 0 Å². The van der Waals surface area contributed by atoms with E-state index in [4.69, 9.17) is 0 Å². The van der Waals surface area contributed by atoms with Crippen molar-refractivity contribution in [1.82, 2.24) is 4.90 Å². The van der Waals surface area contributed by atoms with Crippen LogP contribution in [0.1, 0.15) is 30.1 Å². The number of benzene rings is 1. The first-order valence-corrected chi connectivity index (χ1v) is 7.28. The molecule has 2 fully saturated rings. The van der Waals surface area contributed by atoms with Crippen LogP contribution >= 0.6 is 0 Å². The van der Waals surface area contributed by atoms with E-state index in [1.807, 2.05) is 6.92 Å². The second-order valence-electron chi connectivity index (χ2n) is 6.07. The van der Waals surface area contributed by atoms with Gasteiger partial charge in [0.25, 0.3) is 0 Å². The van der Waals surface area contributed by atoms with Gasteiger partial charge in [0, 0.05) is 24.6 Å². The van der Waals surface area contributed by atoms with Crippen molar-refractivity contribution in [3.05, 3.63) is 35.6 Å². The fourth-order valence-electron chi connectivity index (χ4n) is 3.61. The van der Waals surface area contributed by atoms with Crippen LogP contribution < -0.4 is 0 Å². The number of hydrogen-bond donors (Lipinski definition) is 1. The molecule has 108 valence electrons. The molecular formula is C16H20FNO2. The van der Waals surface area contributed by atoms with Gasteiger partial charge >= 0.3 is 0 Å². The molecule has 1 aromatic rings. The lowest BCUT2D eigenvalue weighted by Crippen LogP contribution is -2.38. The minimum absolute atomic E-state index is 0.0273. The highest BCUT2D eigenvalue weighted by Crippen LogP contribution is 2.39. The first-order valence-electron chi connectivity index (χ1n) is 7.28. The summed E-state index contributed by atoms with van der Waals surface area (Å²) >= 11 is 0. The molecule has 0 spiro atoms. The number of nitrogens with zero attached hydrogens (tertiary/aromatic N) is 1. The van der Waals surface area contributed by atoms with Crippen LogP contribution in [0.4, 0.5) is 4.39 Å². The highest BCUT2D eigenvalue weighted by molar-refractivity contribution is 5.99. The van der Waals surface area contributed by atoms with Crippen LogP contribution in [0.15, 0.2) is 24.3 Å². The van der Waals surface area contributed by atoms with Crippen molar-refractivity contribution in [2.24, 2.45) is 11.8 Å². The Morgan fingerprint density at radius 3 is 2.65 bits per heavy atom. The number of halogens is 1. The van der Waals surface area contributed by atoms with Crippen LogP contribution in [0.25, 0.3) is 0 Å². The highest BCUT2D eigenvalue weighted by atomic mass is 19.1. The normalized spacial score (nSPS) is 31.2. The molecule has 1 aliphatic carbocycles. The van der Waals surface area contributed by atoms with Gasteiger partial charge in [-0.05, 0) is 49.9 Å². The lowest BCUT2D eigenvalue weighted by molar-refractivity contribution is 0.0826. The summed E-state index contributed by atoms with van der Waals surface area (Å²) in [4.78, 5) is 14.6. The zero-order valence-corrected chi connectivity index (χ0v) is 11.6. The Hall–Kier alpha value is -1.26. The molecule has 4 heteroatoms. The molecule has 0 amide bonds. The number of ketones is 1. The Labute approximate surface area is 118 Å². The summed E-state index contributed by atoms with van der Waals surface area (Å²) in [6, 6.07) is 5.52. The maximum atomic E-state index is 12.9. The second kappa shape index (κ2) is 5.26. The Kier molecular flexibility index (Phi) is 3.61. The molecule has 0 aromatic heterocycles. The first-order chi connectivity index (χ1) is 9.56. The Balaban J connectivity index is 1.69. The molecule has 3 rings (SSSR count). The predicted molar refractivity (Wildman–Crippen MR) is 74.0 cm³/mol. The van der Waals surface area contributed by atoms with Gasteiger partial charge in [0.05, 0.1) is 12.1 Å². The van der Waals surface area contributed by atoms with Crippen LogP contribution in [0.5, 0.6) is 0 Å². The molecule has 0 radical (unpaired) electrons. The van der Waals surface area contributed by atoms with Crippen molar-refractivity contribution in [3.63, 3.8) is 0 Å². The smallest absolute Gasteiger partial charge is 0.179 e. The Morgan fingerprint density at radius 1 is 1.30 bits per heavy atom. The van der Waals surface area contributed by atoms with E-state index in [0.29, 0.717) is 17.4 Å². The number of Topliss-reactive ketones (excluding diaryl/α,β-unsaturated/α-hetero) is 1. The van der Waals surface area contributed by atoms with Gasteiger partial charge in [-0.2, -0.15) is 0 Å². The average Bonchev–Trinajstić information content (AvgIpc) is 3.01. The summed E-state index contributed by atoms with van der Waals surface area (Å²) in [5, 5.41) is 9.93. The standard InChI is InChI=1S/C16H20FNO2/c1-10(16(20)11-2-5-13(17)6-3-11)18-8-12-4-7-15(19)14(12)9-18/h2-3,5-6,10,12,14-15,19H,4,7-9H2,1H3. The van der Waals surface area contributed by atoms with E-state index in [9.17, 15) is 14.3 Å². The van der Waals surface area contributed by atoms with Gasteiger partial charge in [-0.3, -0.25) is 9.69 Å². The largest absolute Gasteiger partial charge is 0.393 e. The Bertz CT molecular complexity index is 502. The van der Waals surface area contributed by atoms with Crippen LogP contribution in [0.3, 0.4) is 0 Å². The van der Waals surface area contributed by atoms with Crippen molar-refractivity contribution < 1.29 is 14.3 Å². The molecule has 2 aliphatic rings. The molecule has 4 unspecified atom stereocenters. The monoisotopic (exact) mass is 277 g/mol. The third-order valence-corrected chi connectivity index (χ3v) is 4.90. The average molecular weight is 277 g/mol. The number of hydrogen-bond acceptors (Lipinski definition) is 3. The molecule has 20 heavy (non-hydrogen) atoms. The van der Waals surface area contributed by atoms with E-state index in [1.165, 1.54) is 12.1 Å². The van der Waals surface area contributed by atoms with E-state index in [0.717, 1.165) is 25.9 Å². The highest BCUT2D eigenvalue weighted by Gasteiger charge is 2.43. The van der Waals surface area contributed by atoms with E-state index in [1.54, 1.807) is 12.1 Å². The summed E-state index contributed by atoms with van der Waals surface area (Å²) < 4.78 is 12.9. The van der Waals surface area contributed by atoms with Gasteiger partial charge in [0.15, 0.2) is 5.78 Å². The number of carbonyl (C=O) groups is 1. The molecule has 4 atom stereocenters. The number of rotatable bonds is 3. The molecule has 1 aromatic carbocycles. The number of carbonyl (C=O) groups excluding carboxylic acids is 1. The third kappa shape index (κ3) is 2.38.